The molecular formula is C80H59N7. The van der Waals surface area contributed by atoms with Crippen molar-refractivity contribution in [3.8, 4) is 45.6 Å². The number of rotatable bonds is 6. The number of aromatic nitrogens is 6. The topological polar surface area (TPSA) is 61.3 Å². The molecule has 0 aliphatic heterocycles. The molecule has 0 atom stereocenters. The van der Waals surface area contributed by atoms with E-state index in [9.17, 15) is 5.26 Å². The van der Waals surface area contributed by atoms with Crippen LogP contribution in [0.4, 0.5) is 0 Å². The predicted octanol–water partition coefficient (Wildman–Crippen LogP) is 20.6. The van der Waals surface area contributed by atoms with Crippen molar-refractivity contribution in [1.82, 2.24) is 27.8 Å². The number of nitrogens with zero attached hydrogens (tertiary/aromatic N) is 7. The van der Waals surface area contributed by atoms with Gasteiger partial charge in [0.25, 0.3) is 0 Å². The number of aryl methyl sites for hydroxylation is 8. The third-order valence-electron chi connectivity index (χ3n) is 18.6. The summed E-state index contributed by atoms with van der Waals surface area (Å²) in [5.74, 6) is 0. The summed E-state index contributed by atoms with van der Waals surface area (Å²) >= 11 is 0. The Morgan fingerprint density at radius 1 is 0.287 bits per heavy atom. The normalized spacial score (nSPS) is 12.1. The Morgan fingerprint density at radius 2 is 0.586 bits per heavy atom. The quantitative estimate of drug-likeness (QED) is 0.167. The SMILES string of the molecule is Cc1ccc2c(c1)c1cc(C)ccc1n2-c1c(C#N)c(-n2c3ccc(C)cc3c3cc(C)ccc32)c(-n2c3ccc(C)cc3c3cc(C)ccc32)c(-c2ccc(-n3c4ccccc4c4cccnc43)cc2)c1-n1c2ccc(C)cc2c2cc(C)ccc21. The van der Waals surface area contributed by atoms with Crippen molar-refractivity contribution in [2.24, 2.45) is 0 Å². The van der Waals surface area contributed by atoms with Crippen molar-refractivity contribution in [2.75, 3.05) is 0 Å². The molecule has 7 heteroatoms. The van der Waals surface area contributed by atoms with E-state index in [0.717, 1.165) is 149 Å². The van der Waals surface area contributed by atoms with E-state index in [4.69, 9.17) is 4.98 Å². The van der Waals surface area contributed by atoms with E-state index < -0.39 is 0 Å². The molecule has 87 heavy (non-hydrogen) atoms. The van der Waals surface area contributed by atoms with Gasteiger partial charge < -0.3 is 18.3 Å². The van der Waals surface area contributed by atoms with Crippen LogP contribution in [0.2, 0.25) is 0 Å². The summed E-state index contributed by atoms with van der Waals surface area (Å²) in [6.45, 7) is 17.5. The summed E-state index contributed by atoms with van der Waals surface area (Å²) in [6.07, 6.45) is 1.89. The standard InChI is InChI=1S/C80H59N7/c1-45-15-27-67-57(36-45)58-37-46(2)16-28-68(58)84(67)76-65(44-81)77(85-69-29-17-47(3)38-59(69)60-39-48(4)18-30-70(60)85)79(87-73-33-21-51(7)42-63(73)64-43-52(8)22-34-74(64)87)75(78(76)86-71-31-19-49(5)40-61(71)62-41-50(6)20-32-72(62)86)53-23-25-54(26-24-53)83-66-14-10-9-12-55(66)56-13-11-35-82-80(56)83/h9-43H,1-8H3. The fourth-order valence-corrected chi connectivity index (χ4v) is 14.7. The van der Waals surface area contributed by atoms with Crippen molar-refractivity contribution < 1.29 is 0 Å². The van der Waals surface area contributed by atoms with Crippen LogP contribution in [0.15, 0.2) is 212 Å². The Labute approximate surface area is 503 Å². The molecule has 11 aromatic carbocycles. The van der Waals surface area contributed by atoms with Crippen LogP contribution in [0.1, 0.15) is 50.1 Å². The molecule has 0 aliphatic carbocycles. The first-order valence-electron chi connectivity index (χ1n) is 30.1. The number of benzene rings is 11. The second kappa shape index (κ2) is 18.5. The van der Waals surface area contributed by atoms with E-state index in [1.54, 1.807) is 0 Å². The average Bonchev–Trinajstić information content (AvgIpc) is 1.65. The van der Waals surface area contributed by atoms with Crippen LogP contribution in [0.5, 0.6) is 0 Å². The Kier molecular flexibility index (Phi) is 10.8. The minimum atomic E-state index is 0.542. The highest BCUT2D eigenvalue weighted by Gasteiger charge is 2.35. The van der Waals surface area contributed by atoms with Crippen molar-refractivity contribution in [3.05, 3.63) is 263 Å². The number of pyridine rings is 1. The van der Waals surface area contributed by atoms with Crippen LogP contribution >= 0.6 is 0 Å². The van der Waals surface area contributed by atoms with Crippen molar-refractivity contribution in [2.45, 2.75) is 55.4 Å². The molecule has 0 spiro atoms. The van der Waals surface area contributed by atoms with Crippen molar-refractivity contribution in [1.29, 1.82) is 5.26 Å². The number of fused-ring (bicyclic) bond motifs is 15. The molecule has 6 heterocycles. The zero-order chi connectivity index (χ0) is 58.8. The molecule has 0 radical (unpaired) electrons. The lowest BCUT2D eigenvalue weighted by molar-refractivity contribution is 1.03. The fraction of sp³-hybridized carbons (Fsp3) is 0.100. The molecule has 0 unspecified atom stereocenters. The molecule has 0 fully saturated rings. The molecule has 0 bridgehead atoms. The van der Waals surface area contributed by atoms with E-state index in [1.807, 2.05) is 12.3 Å². The van der Waals surface area contributed by atoms with Crippen molar-refractivity contribution >= 4 is 109 Å². The fourth-order valence-electron chi connectivity index (χ4n) is 14.7. The van der Waals surface area contributed by atoms with Gasteiger partial charge in [0.2, 0.25) is 0 Å². The molecule has 0 saturated heterocycles. The van der Waals surface area contributed by atoms with E-state index in [0.29, 0.717) is 5.56 Å². The van der Waals surface area contributed by atoms with Gasteiger partial charge in [-0.2, -0.15) is 5.26 Å². The molecule has 0 amide bonds. The number of hydrogen-bond acceptors (Lipinski definition) is 2. The monoisotopic (exact) mass is 1120 g/mol. The highest BCUT2D eigenvalue weighted by molar-refractivity contribution is 6.18. The summed E-state index contributed by atoms with van der Waals surface area (Å²) < 4.78 is 12.2. The van der Waals surface area contributed by atoms with Crippen molar-refractivity contribution in [3.63, 3.8) is 0 Å². The summed E-state index contributed by atoms with van der Waals surface area (Å²) in [6, 6.07) is 79.9. The molecule has 414 valence electrons. The van der Waals surface area contributed by atoms with Gasteiger partial charge in [-0.3, -0.25) is 4.57 Å². The van der Waals surface area contributed by atoms with Crippen LogP contribution in [-0.2, 0) is 0 Å². The first-order chi connectivity index (χ1) is 42.4. The minimum absolute atomic E-state index is 0.542. The second-order valence-electron chi connectivity index (χ2n) is 24.5. The van der Waals surface area contributed by atoms with Crippen LogP contribution in [-0.4, -0.2) is 27.8 Å². The molecular weight excluding hydrogens is 1060 g/mol. The smallest absolute Gasteiger partial charge is 0.145 e. The summed E-state index contributed by atoms with van der Waals surface area (Å²) in [7, 11) is 0. The lowest BCUT2D eigenvalue weighted by Gasteiger charge is -2.29. The highest BCUT2D eigenvalue weighted by Crippen LogP contribution is 2.52. The van der Waals surface area contributed by atoms with Gasteiger partial charge in [0.05, 0.1) is 72.4 Å². The predicted molar refractivity (Wildman–Crippen MR) is 364 cm³/mol. The van der Waals surface area contributed by atoms with Gasteiger partial charge in [-0.25, -0.2) is 4.98 Å². The third kappa shape index (κ3) is 7.25. The number of para-hydroxylation sites is 1. The van der Waals surface area contributed by atoms with E-state index in [2.05, 4.69) is 284 Å². The molecule has 17 rings (SSSR count). The Hall–Kier alpha value is -10.9. The Bertz CT molecular complexity index is 5350. The summed E-state index contributed by atoms with van der Waals surface area (Å²) in [5, 5.41) is 24.5. The van der Waals surface area contributed by atoms with Gasteiger partial charge in [-0.05, 0) is 188 Å². The maximum Gasteiger partial charge on any atom is 0.145 e. The molecule has 0 N–H and O–H groups in total. The van der Waals surface area contributed by atoms with Gasteiger partial charge in [0.15, 0.2) is 0 Å². The first-order valence-corrected chi connectivity index (χ1v) is 30.1. The van der Waals surface area contributed by atoms with Gasteiger partial charge in [0, 0.05) is 71.3 Å². The van der Waals surface area contributed by atoms with Crippen LogP contribution in [0.25, 0.3) is 149 Å². The molecule has 0 aliphatic rings. The Balaban J connectivity index is 1.19. The lowest BCUT2D eigenvalue weighted by Crippen LogP contribution is -2.16. The maximum atomic E-state index is 13.2. The van der Waals surface area contributed by atoms with Gasteiger partial charge in [-0.1, -0.05) is 123 Å². The molecule has 17 aromatic rings. The van der Waals surface area contributed by atoms with Crippen LogP contribution in [0, 0.1) is 66.7 Å². The zero-order valence-electron chi connectivity index (χ0n) is 49.8. The highest BCUT2D eigenvalue weighted by atomic mass is 15.1. The average molecular weight is 1120 g/mol. The molecule has 7 nitrogen and oxygen atoms in total. The van der Waals surface area contributed by atoms with Gasteiger partial charge in [-0.15, -0.1) is 0 Å². The van der Waals surface area contributed by atoms with Crippen LogP contribution in [0.3, 0.4) is 0 Å². The Morgan fingerprint density at radius 3 is 0.920 bits per heavy atom. The molecule has 6 aromatic heterocycles. The number of hydrogen-bond donors (Lipinski definition) is 0. The lowest BCUT2D eigenvalue weighted by atomic mass is 9.93. The first kappa shape index (κ1) is 50.6. The van der Waals surface area contributed by atoms with E-state index >= 15 is 0 Å². The van der Waals surface area contributed by atoms with E-state index in [-0.39, 0.29) is 0 Å². The van der Waals surface area contributed by atoms with Crippen LogP contribution < -0.4 is 0 Å². The van der Waals surface area contributed by atoms with Gasteiger partial charge in [0.1, 0.15) is 17.3 Å². The molecule has 0 saturated carbocycles. The minimum Gasteiger partial charge on any atom is -0.306 e. The maximum absolute atomic E-state index is 13.2. The summed E-state index contributed by atoms with van der Waals surface area (Å²) in [4.78, 5) is 5.05. The number of nitriles is 1. The third-order valence-corrected chi connectivity index (χ3v) is 18.6. The van der Waals surface area contributed by atoms with E-state index in [1.165, 1.54) is 44.5 Å². The zero-order valence-corrected chi connectivity index (χ0v) is 49.8. The van der Waals surface area contributed by atoms with Gasteiger partial charge >= 0.3 is 0 Å². The second-order valence-corrected chi connectivity index (χ2v) is 24.5. The largest absolute Gasteiger partial charge is 0.306 e. The summed E-state index contributed by atoms with van der Waals surface area (Å²) in [5.41, 5.74) is 26.4.